The average molecular weight is 165 g/mol. The van der Waals surface area contributed by atoms with Crippen molar-refractivity contribution in [2.75, 3.05) is 0 Å². The maximum absolute atomic E-state index is 11.4. The lowest BCUT2D eigenvalue weighted by Crippen LogP contribution is -2.23. The lowest BCUT2D eigenvalue weighted by atomic mass is 10.2. The molecule has 0 aliphatic rings. The van der Waals surface area contributed by atoms with Crippen LogP contribution in [0.4, 0.5) is 13.2 Å². The quantitative estimate of drug-likeness (QED) is 0.359. The van der Waals surface area contributed by atoms with Gasteiger partial charge in [0.2, 0.25) is 0 Å². The number of alkyl halides is 3. The molecule has 0 aromatic heterocycles. The predicted octanol–water partition coefficient (Wildman–Crippen LogP) is 1.08. The molecule has 0 spiro atoms. The first-order chi connectivity index (χ1) is 4.93. The molecule has 0 amide bonds. The highest BCUT2D eigenvalue weighted by atomic mass is 19.4. The van der Waals surface area contributed by atoms with E-state index in [4.69, 9.17) is 10.4 Å². The molecule has 60 valence electrons. The highest BCUT2D eigenvalue weighted by molar-refractivity contribution is 6.02. The molecule has 0 aliphatic carbocycles. The van der Waals surface area contributed by atoms with Crippen molar-refractivity contribution in [3.63, 3.8) is 0 Å². The SMILES string of the molecule is N#C/C(=C\O)C(=O)C(F)(F)F. The molecule has 11 heavy (non-hydrogen) atoms. The number of hydrogen-bond acceptors (Lipinski definition) is 3. The van der Waals surface area contributed by atoms with Crippen molar-refractivity contribution in [3.05, 3.63) is 11.8 Å². The van der Waals surface area contributed by atoms with Crippen LogP contribution in [0.25, 0.3) is 0 Å². The molecular weight excluding hydrogens is 163 g/mol. The van der Waals surface area contributed by atoms with Gasteiger partial charge in [0, 0.05) is 0 Å². The van der Waals surface area contributed by atoms with E-state index < -0.39 is 17.5 Å². The van der Waals surface area contributed by atoms with E-state index in [1.165, 1.54) is 0 Å². The number of carbonyl (C=O) groups is 1. The van der Waals surface area contributed by atoms with E-state index in [0.29, 0.717) is 0 Å². The van der Waals surface area contributed by atoms with Crippen molar-refractivity contribution >= 4 is 5.78 Å². The van der Waals surface area contributed by atoms with Gasteiger partial charge in [-0.3, -0.25) is 4.79 Å². The Morgan fingerprint density at radius 3 is 2.09 bits per heavy atom. The fourth-order valence-electron chi connectivity index (χ4n) is 0.291. The smallest absolute Gasteiger partial charge is 0.455 e. The van der Waals surface area contributed by atoms with Crippen LogP contribution in [0, 0.1) is 11.3 Å². The van der Waals surface area contributed by atoms with Crippen LogP contribution in [-0.4, -0.2) is 17.1 Å². The summed E-state index contributed by atoms with van der Waals surface area (Å²) in [6, 6.07) is 0.900. The second-order valence-electron chi connectivity index (χ2n) is 1.48. The monoisotopic (exact) mass is 165 g/mol. The van der Waals surface area contributed by atoms with Gasteiger partial charge in [-0.2, -0.15) is 18.4 Å². The Morgan fingerprint density at radius 1 is 1.55 bits per heavy atom. The third-order valence-electron chi connectivity index (χ3n) is 0.752. The molecule has 0 saturated carbocycles. The first-order valence-electron chi connectivity index (χ1n) is 2.29. The average Bonchev–Trinajstić information content (AvgIpc) is 1.88. The number of ketones is 1. The number of nitriles is 1. The maximum Gasteiger partial charge on any atom is 0.455 e. The summed E-state index contributed by atoms with van der Waals surface area (Å²) >= 11 is 0. The molecule has 0 fully saturated rings. The number of hydrogen-bond donors (Lipinski definition) is 1. The van der Waals surface area contributed by atoms with Crippen molar-refractivity contribution in [2.24, 2.45) is 0 Å². The van der Waals surface area contributed by atoms with E-state index in [-0.39, 0.29) is 6.26 Å². The van der Waals surface area contributed by atoms with Gasteiger partial charge < -0.3 is 5.11 Å². The van der Waals surface area contributed by atoms with Crippen LogP contribution in [0.15, 0.2) is 11.8 Å². The third-order valence-corrected chi connectivity index (χ3v) is 0.752. The van der Waals surface area contributed by atoms with Gasteiger partial charge in [0.05, 0.1) is 0 Å². The minimum absolute atomic E-state index is 0.171. The summed E-state index contributed by atoms with van der Waals surface area (Å²) < 4.78 is 34.3. The van der Waals surface area contributed by atoms with Crippen LogP contribution in [0.5, 0.6) is 0 Å². The highest BCUT2D eigenvalue weighted by Crippen LogP contribution is 2.19. The van der Waals surface area contributed by atoms with E-state index in [1.807, 2.05) is 0 Å². The number of carbonyl (C=O) groups excluding carboxylic acids is 1. The van der Waals surface area contributed by atoms with Gasteiger partial charge in [0.15, 0.2) is 0 Å². The molecule has 0 bridgehead atoms. The number of aliphatic hydroxyl groups excluding tert-OH is 1. The van der Waals surface area contributed by atoms with Gasteiger partial charge >= 0.3 is 6.18 Å². The number of allylic oxidation sites excluding steroid dienone is 1. The second kappa shape index (κ2) is 3.05. The van der Waals surface area contributed by atoms with Gasteiger partial charge in [0.1, 0.15) is 17.9 Å². The van der Waals surface area contributed by atoms with Gasteiger partial charge in [0.25, 0.3) is 5.78 Å². The van der Waals surface area contributed by atoms with Gasteiger partial charge in [-0.25, -0.2) is 0 Å². The molecule has 0 heterocycles. The molecule has 0 radical (unpaired) electrons. The van der Waals surface area contributed by atoms with Crippen molar-refractivity contribution in [2.45, 2.75) is 6.18 Å². The zero-order chi connectivity index (χ0) is 9.07. The van der Waals surface area contributed by atoms with Crippen molar-refractivity contribution in [1.82, 2.24) is 0 Å². The Kier molecular flexibility index (Phi) is 2.63. The predicted molar refractivity (Wildman–Crippen MR) is 27.4 cm³/mol. The van der Waals surface area contributed by atoms with E-state index in [2.05, 4.69) is 0 Å². The summed E-state index contributed by atoms with van der Waals surface area (Å²) in [7, 11) is 0. The van der Waals surface area contributed by atoms with Crippen LogP contribution in [-0.2, 0) is 4.79 Å². The maximum atomic E-state index is 11.4. The number of aliphatic hydroxyl groups is 1. The third kappa shape index (κ3) is 2.29. The molecular formula is C5H2F3NO2. The summed E-state index contributed by atoms with van der Waals surface area (Å²) in [4.78, 5) is 10.1. The van der Waals surface area contributed by atoms with Crippen LogP contribution in [0.2, 0.25) is 0 Å². The molecule has 0 aromatic rings. The van der Waals surface area contributed by atoms with Gasteiger partial charge in [-0.15, -0.1) is 0 Å². The highest BCUT2D eigenvalue weighted by Gasteiger charge is 2.41. The number of Topliss-reactive ketones (excluding diaryl/α,β-unsaturated/α-hetero) is 1. The summed E-state index contributed by atoms with van der Waals surface area (Å²) in [6.45, 7) is 0. The van der Waals surface area contributed by atoms with E-state index in [1.54, 1.807) is 0 Å². The normalized spacial score (nSPS) is 12.4. The van der Waals surface area contributed by atoms with Crippen LogP contribution < -0.4 is 0 Å². The van der Waals surface area contributed by atoms with Crippen molar-refractivity contribution in [1.29, 1.82) is 5.26 Å². The minimum Gasteiger partial charge on any atom is -0.514 e. The summed E-state index contributed by atoms with van der Waals surface area (Å²) in [5.74, 6) is -2.34. The Hall–Kier alpha value is -1.51. The number of nitrogens with zero attached hydrogens (tertiary/aromatic N) is 1. The summed E-state index contributed by atoms with van der Waals surface area (Å²) in [6.07, 6.45) is -5.28. The fraction of sp³-hybridized carbons (Fsp3) is 0.200. The molecule has 0 rings (SSSR count). The van der Waals surface area contributed by atoms with Crippen LogP contribution in [0.1, 0.15) is 0 Å². The zero-order valence-electron chi connectivity index (χ0n) is 5.01. The number of rotatable bonds is 1. The largest absolute Gasteiger partial charge is 0.514 e. The van der Waals surface area contributed by atoms with Gasteiger partial charge in [-0.1, -0.05) is 0 Å². The Morgan fingerprint density at radius 2 is 2.00 bits per heavy atom. The summed E-state index contributed by atoms with van der Waals surface area (Å²) in [5.41, 5.74) is -1.32. The summed E-state index contributed by atoms with van der Waals surface area (Å²) in [5, 5.41) is 15.8. The molecule has 1 N–H and O–H groups in total. The van der Waals surface area contributed by atoms with E-state index in [9.17, 15) is 18.0 Å². The molecule has 3 nitrogen and oxygen atoms in total. The Bertz CT molecular complexity index is 235. The topological polar surface area (TPSA) is 61.1 Å². The lowest BCUT2D eigenvalue weighted by molar-refractivity contribution is -0.166. The number of halogens is 3. The first kappa shape index (κ1) is 9.49. The van der Waals surface area contributed by atoms with Crippen molar-refractivity contribution in [3.8, 4) is 6.07 Å². The second-order valence-corrected chi connectivity index (χ2v) is 1.48. The molecule has 0 atom stereocenters. The first-order valence-corrected chi connectivity index (χ1v) is 2.29. The molecule has 0 unspecified atom stereocenters. The van der Waals surface area contributed by atoms with E-state index >= 15 is 0 Å². The molecule has 6 heteroatoms. The standard InChI is InChI=1S/C5H2F3NO2/c6-5(7,8)4(11)3(1-9)2-10/h2,10H/b3-2+. The Balaban J connectivity index is 4.67. The molecule has 0 aromatic carbocycles. The molecule has 0 saturated heterocycles. The van der Waals surface area contributed by atoms with Gasteiger partial charge in [-0.05, 0) is 0 Å². The zero-order valence-corrected chi connectivity index (χ0v) is 5.01. The lowest BCUT2D eigenvalue weighted by Gasteiger charge is -2.00. The van der Waals surface area contributed by atoms with Crippen molar-refractivity contribution < 1.29 is 23.1 Å². The Labute approximate surface area is 59.4 Å². The molecule has 0 aliphatic heterocycles. The van der Waals surface area contributed by atoms with E-state index in [0.717, 1.165) is 6.07 Å². The van der Waals surface area contributed by atoms with Crippen LogP contribution in [0.3, 0.4) is 0 Å². The fourth-order valence-corrected chi connectivity index (χ4v) is 0.291. The van der Waals surface area contributed by atoms with Crippen LogP contribution >= 0.6 is 0 Å². The minimum atomic E-state index is -5.11.